The SMILES string of the molecule is C[C@]12CC[C@H](O)C[C@@H]1C[C@@H](O)[C@@H]1[C@@H]2CC[C@]2(C)[C@@H](O)CC[C@@H]12. The highest BCUT2D eigenvalue weighted by Gasteiger charge is 2.62. The molecule has 0 aromatic carbocycles. The van der Waals surface area contributed by atoms with E-state index in [2.05, 4.69) is 13.8 Å². The fourth-order valence-corrected chi connectivity index (χ4v) is 7.17. The van der Waals surface area contributed by atoms with Crippen molar-refractivity contribution in [1.29, 1.82) is 0 Å². The zero-order valence-corrected chi connectivity index (χ0v) is 14.0. The Morgan fingerprint density at radius 1 is 0.773 bits per heavy atom. The maximum absolute atomic E-state index is 10.9. The lowest BCUT2D eigenvalue weighted by Gasteiger charge is -2.62. The number of rotatable bonds is 0. The van der Waals surface area contributed by atoms with Crippen LogP contribution in [0.1, 0.15) is 65.2 Å². The Bertz CT molecular complexity index is 452. The van der Waals surface area contributed by atoms with Gasteiger partial charge in [-0.3, -0.25) is 0 Å². The summed E-state index contributed by atoms with van der Waals surface area (Å²) in [5.41, 5.74) is 0.317. The number of aliphatic hydroxyl groups is 3. The first-order valence-corrected chi connectivity index (χ1v) is 9.40. The van der Waals surface area contributed by atoms with E-state index < -0.39 is 0 Å². The van der Waals surface area contributed by atoms with Crippen molar-refractivity contribution < 1.29 is 15.3 Å². The topological polar surface area (TPSA) is 60.7 Å². The van der Waals surface area contributed by atoms with Crippen LogP contribution in [0.15, 0.2) is 0 Å². The summed E-state index contributed by atoms with van der Waals surface area (Å²) in [7, 11) is 0. The van der Waals surface area contributed by atoms with Gasteiger partial charge in [0, 0.05) is 0 Å². The van der Waals surface area contributed by atoms with Gasteiger partial charge in [0.05, 0.1) is 18.3 Å². The van der Waals surface area contributed by atoms with Gasteiger partial charge in [-0.15, -0.1) is 0 Å². The standard InChI is InChI=1S/C19H32O3/c1-18-7-5-12(20)9-11(18)10-15(21)17-13-3-4-16(22)19(13,2)8-6-14(17)18/h11-17,20-22H,3-10H2,1-2H3/t11-,12+,13+,14+,15-,16+,17+,18+,19+/m1/s1. The van der Waals surface area contributed by atoms with Gasteiger partial charge in [-0.05, 0) is 85.9 Å². The van der Waals surface area contributed by atoms with E-state index in [1.165, 1.54) is 0 Å². The van der Waals surface area contributed by atoms with Crippen LogP contribution in [0.2, 0.25) is 0 Å². The molecule has 0 aliphatic heterocycles. The van der Waals surface area contributed by atoms with Crippen molar-refractivity contribution in [1.82, 2.24) is 0 Å². The third kappa shape index (κ3) is 1.91. The van der Waals surface area contributed by atoms with Crippen LogP contribution in [-0.4, -0.2) is 33.6 Å². The van der Waals surface area contributed by atoms with Crippen molar-refractivity contribution in [2.45, 2.75) is 83.5 Å². The first kappa shape index (κ1) is 15.4. The minimum absolute atomic E-state index is 0.0273. The number of fused-ring (bicyclic) bond motifs is 5. The molecule has 0 aromatic rings. The number of hydrogen-bond acceptors (Lipinski definition) is 3. The maximum atomic E-state index is 10.9. The van der Waals surface area contributed by atoms with Gasteiger partial charge in [0.2, 0.25) is 0 Å². The molecule has 0 radical (unpaired) electrons. The highest BCUT2D eigenvalue weighted by molar-refractivity contribution is 5.11. The van der Waals surface area contributed by atoms with Crippen molar-refractivity contribution >= 4 is 0 Å². The quantitative estimate of drug-likeness (QED) is 0.645. The highest BCUT2D eigenvalue weighted by atomic mass is 16.3. The van der Waals surface area contributed by atoms with E-state index in [1.807, 2.05) is 0 Å². The van der Waals surface area contributed by atoms with E-state index in [-0.39, 0.29) is 29.1 Å². The second-order valence-electron chi connectivity index (χ2n) is 9.36. The van der Waals surface area contributed by atoms with Gasteiger partial charge in [-0.25, -0.2) is 0 Å². The molecule has 0 amide bonds. The van der Waals surface area contributed by atoms with Gasteiger partial charge in [-0.2, -0.15) is 0 Å². The fourth-order valence-electron chi connectivity index (χ4n) is 7.17. The molecule has 4 rings (SSSR count). The zero-order valence-electron chi connectivity index (χ0n) is 14.0. The molecule has 0 spiro atoms. The molecule has 4 fully saturated rings. The average molecular weight is 308 g/mol. The molecule has 3 N–H and O–H groups in total. The summed E-state index contributed by atoms with van der Waals surface area (Å²) >= 11 is 0. The lowest BCUT2D eigenvalue weighted by molar-refractivity contribution is -0.176. The van der Waals surface area contributed by atoms with Gasteiger partial charge in [0.1, 0.15) is 0 Å². The molecule has 0 saturated heterocycles. The molecule has 3 heteroatoms. The van der Waals surface area contributed by atoms with E-state index in [0.717, 1.165) is 51.4 Å². The van der Waals surface area contributed by atoms with E-state index in [4.69, 9.17) is 0 Å². The molecule has 0 unspecified atom stereocenters. The molecule has 0 heterocycles. The van der Waals surface area contributed by atoms with E-state index in [1.54, 1.807) is 0 Å². The molecule has 22 heavy (non-hydrogen) atoms. The minimum Gasteiger partial charge on any atom is -0.393 e. The Labute approximate surface area is 134 Å². The van der Waals surface area contributed by atoms with Crippen molar-refractivity contribution in [2.75, 3.05) is 0 Å². The molecule has 0 aromatic heterocycles. The van der Waals surface area contributed by atoms with Gasteiger partial charge in [0.15, 0.2) is 0 Å². The Balaban J connectivity index is 1.67. The smallest absolute Gasteiger partial charge is 0.0596 e. The van der Waals surface area contributed by atoms with Crippen LogP contribution in [0.3, 0.4) is 0 Å². The summed E-state index contributed by atoms with van der Waals surface area (Å²) in [6.45, 7) is 4.69. The summed E-state index contributed by atoms with van der Waals surface area (Å²) < 4.78 is 0. The van der Waals surface area contributed by atoms with Gasteiger partial charge in [-0.1, -0.05) is 13.8 Å². The molecule has 3 nitrogen and oxygen atoms in total. The Kier molecular flexibility index (Phi) is 3.46. The van der Waals surface area contributed by atoms with E-state index in [9.17, 15) is 15.3 Å². The van der Waals surface area contributed by atoms with Crippen LogP contribution in [0, 0.1) is 34.5 Å². The Morgan fingerprint density at radius 3 is 2.23 bits per heavy atom. The number of hydrogen-bond donors (Lipinski definition) is 3. The van der Waals surface area contributed by atoms with Crippen LogP contribution in [0.4, 0.5) is 0 Å². The molecule has 4 aliphatic rings. The van der Waals surface area contributed by atoms with Crippen molar-refractivity contribution in [2.24, 2.45) is 34.5 Å². The largest absolute Gasteiger partial charge is 0.393 e. The molecule has 4 aliphatic carbocycles. The van der Waals surface area contributed by atoms with Crippen LogP contribution >= 0.6 is 0 Å². The van der Waals surface area contributed by atoms with Crippen LogP contribution in [0.25, 0.3) is 0 Å². The predicted molar refractivity (Wildman–Crippen MR) is 85.1 cm³/mol. The van der Waals surface area contributed by atoms with E-state index >= 15 is 0 Å². The van der Waals surface area contributed by atoms with Crippen LogP contribution in [0.5, 0.6) is 0 Å². The van der Waals surface area contributed by atoms with Gasteiger partial charge >= 0.3 is 0 Å². The predicted octanol–water partition coefficient (Wildman–Crippen LogP) is 2.72. The zero-order chi connectivity index (χ0) is 15.7. The molecule has 126 valence electrons. The summed E-state index contributed by atoms with van der Waals surface area (Å²) in [6.07, 6.45) is 7.45. The second kappa shape index (κ2) is 4.94. The summed E-state index contributed by atoms with van der Waals surface area (Å²) in [6, 6.07) is 0. The van der Waals surface area contributed by atoms with Gasteiger partial charge < -0.3 is 15.3 Å². The maximum Gasteiger partial charge on any atom is 0.0596 e. The van der Waals surface area contributed by atoms with Crippen molar-refractivity contribution in [3.05, 3.63) is 0 Å². The first-order chi connectivity index (χ1) is 10.4. The summed E-state index contributed by atoms with van der Waals surface area (Å²) in [4.78, 5) is 0. The highest BCUT2D eigenvalue weighted by Crippen LogP contribution is 2.66. The number of aliphatic hydroxyl groups excluding tert-OH is 3. The van der Waals surface area contributed by atoms with E-state index in [0.29, 0.717) is 23.7 Å². The summed E-state index contributed by atoms with van der Waals surface area (Å²) in [5.74, 6) is 1.91. The third-order valence-corrected chi connectivity index (χ3v) is 8.61. The van der Waals surface area contributed by atoms with Gasteiger partial charge in [0.25, 0.3) is 0 Å². The minimum atomic E-state index is -0.233. The van der Waals surface area contributed by atoms with Crippen molar-refractivity contribution in [3.8, 4) is 0 Å². The third-order valence-electron chi connectivity index (χ3n) is 8.61. The average Bonchev–Trinajstić information content (AvgIpc) is 2.77. The monoisotopic (exact) mass is 308 g/mol. The molecular weight excluding hydrogens is 276 g/mol. The van der Waals surface area contributed by atoms with Crippen LogP contribution in [-0.2, 0) is 0 Å². The molecule has 4 saturated carbocycles. The molecule has 0 bridgehead atoms. The Hall–Kier alpha value is -0.120. The van der Waals surface area contributed by atoms with Crippen LogP contribution < -0.4 is 0 Å². The summed E-state index contributed by atoms with van der Waals surface area (Å²) in [5, 5.41) is 31.5. The molecule has 9 atom stereocenters. The van der Waals surface area contributed by atoms with Crippen molar-refractivity contribution in [3.63, 3.8) is 0 Å². The lowest BCUT2D eigenvalue weighted by atomic mass is 9.44. The molecular formula is C19H32O3. The fraction of sp³-hybridized carbons (Fsp3) is 1.00. The second-order valence-corrected chi connectivity index (χ2v) is 9.36. The normalized spacial score (nSPS) is 61.2. The lowest BCUT2D eigenvalue weighted by Crippen LogP contribution is -2.58. The Morgan fingerprint density at radius 2 is 1.45 bits per heavy atom. The first-order valence-electron chi connectivity index (χ1n) is 9.40.